The van der Waals surface area contributed by atoms with Gasteiger partial charge in [-0.3, -0.25) is 9.78 Å². The summed E-state index contributed by atoms with van der Waals surface area (Å²) in [6, 6.07) is 9.51. The SMILES string of the molecule is Cc1cc2c(NCCNC(=O)c3ccc(O)cc3)c3c(nc2cc1F)CCCC3. The van der Waals surface area contributed by atoms with Gasteiger partial charge in [-0.05, 0) is 74.1 Å². The van der Waals surface area contributed by atoms with Crippen LogP contribution in [0.1, 0.15) is 40.0 Å². The number of hydrogen-bond acceptors (Lipinski definition) is 4. The molecule has 150 valence electrons. The number of phenolic OH excluding ortho intramolecular Hbond substituents is 1. The molecule has 0 unspecified atom stereocenters. The normalized spacial score (nSPS) is 13.2. The van der Waals surface area contributed by atoms with Gasteiger partial charge in [-0.25, -0.2) is 4.39 Å². The van der Waals surface area contributed by atoms with Crippen molar-refractivity contribution < 1.29 is 14.3 Å². The van der Waals surface area contributed by atoms with E-state index in [-0.39, 0.29) is 17.5 Å². The number of fused-ring (bicyclic) bond motifs is 2. The highest BCUT2D eigenvalue weighted by atomic mass is 19.1. The van der Waals surface area contributed by atoms with Crippen LogP contribution in [0.25, 0.3) is 10.9 Å². The number of anilines is 1. The summed E-state index contributed by atoms with van der Waals surface area (Å²) in [7, 11) is 0. The Labute approximate surface area is 169 Å². The third kappa shape index (κ3) is 4.01. The third-order valence-corrected chi connectivity index (χ3v) is 5.38. The number of phenols is 1. The number of hydrogen-bond donors (Lipinski definition) is 3. The van der Waals surface area contributed by atoms with Crippen LogP contribution >= 0.6 is 0 Å². The molecule has 0 spiro atoms. The van der Waals surface area contributed by atoms with E-state index < -0.39 is 0 Å². The molecule has 3 aromatic rings. The molecule has 2 aromatic carbocycles. The average Bonchev–Trinajstić information content (AvgIpc) is 2.72. The summed E-state index contributed by atoms with van der Waals surface area (Å²) in [6.07, 6.45) is 4.08. The predicted octanol–water partition coefficient (Wildman–Crippen LogP) is 4.11. The number of benzene rings is 2. The van der Waals surface area contributed by atoms with Crippen molar-refractivity contribution in [3.05, 3.63) is 64.6 Å². The van der Waals surface area contributed by atoms with Gasteiger partial charge < -0.3 is 15.7 Å². The van der Waals surface area contributed by atoms with Gasteiger partial charge >= 0.3 is 0 Å². The largest absolute Gasteiger partial charge is 0.508 e. The van der Waals surface area contributed by atoms with Crippen LogP contribution in [0.2, 0.25) is 0 Å². The topological polar surface area (TPSA) is 74.2 Å². The van der Waals surface area contributed by atoms with Crippen LogP contribution in [0, 0.1) is 12.7 Å². The van der Waals surface area contributed by atoms with Crippen LogP contribution in [0.5, 0.6) is 5.75 Å². The number of halogens is 1. The number of aryl methyl sites for hydroxylation is 2. The fourth-order valence-corrected chi connectivity index (χ4v) is 3.83. The Morgan fingerprint density at radius 1 is 1.14 bits per heavy atom. The Hall–Kier alpha value is -3.15. The van der Waals surface area contributed by atoms with E-state index in [4.69, 9.17) is 4.98 Å². The predicted molar refractivity (Wildman–Crippen MR) is 112 cm³/mol. The molecule has 0 bridgehead atoms. The van der Waals surface area contributed by atoms with Crippen molar-refractivity contribution in [2.45, 2.75) is 32.6 Å². The van der Waals surface area contributed by atoms with E-state index >= 15 is 0 Å². The lowest BCUT2D eigenvalue weighted by molar-refractivity contribution is 0.0955. The van der Waals surface area contributed by atoms with Crippen molar-refractivity contribution in [1.29, 1.82) is 0 Å². The zero-order valence-corrected chi connectivity index (χ0v) is 16.4. The fourth-order valence-electron chi connectivity index (χ4n) is 3.83. The average molecular weight is 393 g/mol. The molecule has 1 aliphatic carbocycles. The number of aromatic hydroxyl groups is 1. The second kappa shape index (κ2) is 8.07. The fraction of sp³-hybridized carbons (Fsp3) is 0.304. The lowest BCUT2D eigenvalue weighted by Gasteiger charge is -2.22. The van der Waals surface area contributed by atoms with Crippen LogP contribution in [0.3, 0.4) is 0 Å². The zero-order chi connectivity index (χ0) is 20.4. The maximum atomic E-state index is 14.1. The second-order valence-corrected chi connectivity index (χ2v) is 7.47. The minimum atomic E-state index is -0.243. The summed E-state index contributed by atoms with van der Waals surface area (Å²) >= 11 is 0. The molecule has 0 radical (unpaired) electrons. The van der Waals surface area contributed by atoms with Crippen molar-refractivity contribution in [1.82, 2.24) is 10.3 Å². The van der Waals surface area contributed by atoms with E-state index in [0.717, 1.165) is 42.5 Å². The lowest BCUT2D eigenvalue weighted by Crippen LogP contribution is -2.29. The van der Waals surface area contributed by atoms with Gasteiger partial charge in [0.1, 0.15) is 11.6 Å². The second-order valence-electron chi connectivity index (χ2n) is 7.47. The Bertz CT molecular complexity index is 1060. The molecule has 1 aliphatic rings. The van der Waals surface area contributed by atoms with Gasteiger partial charge in [0.25, 0.3) is 5.91 Å². The summed E-state index contributed by atoms with van der Waals surface area (Å²) in [4.78, 5) is 16.9. The molecule has 3 N–H and O–H groups in total. The molecular weight excluding hydrogens is 369 g/mol. The number of nitrogens with zero attached hydrogens (tertiary/aromatic N) is 1. The minimum absolute atomic E-state index is 0.129. The Morgan fingerprint density at radius 2 is 1.90 bits per heavy atom. The van der Waals surface area contributed by atoms with E-state index in [1.165, 1.54) is 23.8 Å². The van der Waals surface area contributed by atoms with Crippen LogP contribution in [0.4, 0.5) is 10.1 Å². The van der Waals surface area contributed by atoms with Crippen LogP contribution in [-0.4, -0.2) is 29.1 Å². The Balaban J connectivity index is 1.51. The highest BCUT2D eigenvalue weighted by Gasteiger charge is 2.19. The molecule has 1 amide bonds. The summed E-state index contributed by atoms with van der Waals surface area (Å²) < 4.78 is 14.1. The molecule has 0 aliphatic heterocycles. The number of carbonyl (C=O) groups excluding carboxylic acids is 1. The molecule has 6 heteroatoms. The molecule has 0 atom stereocenters. The quantitative estimate of drug-likeness (QED) is 0.571. The Kier molecular flexibility index (Phi) is 5.34. The molecule has 0 saturated carbocycles. The molecule has 29 heavy (non-hydrogen) atoms. The summed E-state index contributed by atoms with van der Waals surface area (Å²) in [5.74, 6) is -0.302. The number of aromatic nitrogens is 1. The van der Waals surface area contributed by atoms with Gasteiger partial charge in [0.15, 0.2) is 0 Å². The molecular formula is C23H24FN3O2. The van der Waals surface area contributed by atoms with E-state index in [2.05, 4.69) is 10.6 Å². The van der Waals surface area contributed by atoms with Crippen molar-refractivity contribution in [3.63, 3.8) is 0 Å². The molecule has 1 aromatic heterocycles. The summed E-state index contributed by atoms with van der Waals surface area (Å²) in [5.41, 5.74) is 5.03. The van der Waals surface area contributed by atoms with Crippen molar-refractivity contribution in [2.24, 2.45) is 0 Å². The molecule has 0 saturated heterocycles. The maximum absolute atomic E-state index is 14.1. The van der Waals surface area contributed by atoms with E-state index in [1.807, 2.05) is 6.07 Å². The number of pyridine rings is 1. The molecule has 1 heterocycles. The number of nitrogens with one attached hydrogen (secondary N) is 2. The number of amides is 1. The first-order chi connectivity index (χ1) is 14.0. The van der Waals surface area contributed by atoms with Gasteiger partial charge in [0.2, 0.25) is 0 Å². The van der Waals surface area contributed by atoms with Crippen LogP contribution < -0.4 is 10.6 Å². The summed E-state index contributed by atoms with van der Waals surface area (Å²) in [5, 5.41) is 16.6. The minimum Gasteiger partial charge on any atom is -0.508 e. The Morgan fingerprint density at radius 3 is 2.69 bits per heavy atom. The molecule has 5 nitrogen and oxygen atoms in total. The lowest BCUT2D eigenvalue weighted by atomic mass is 9.92. The van der Waals surface area contributed by atoms with E-state index in [9.17, 15) is 14.3 Å². The van der Waals surface area contributed by atoms with E-state index in [0.29, 0.717) is 29.7 Å². The van der Waals surface area contributed by atoms with Crippen LogP contribution in [0.15, 0.2) is 36.4 Å². The first kappa shape index (κ1) is 19.2. The molecule has 0 fully saturated rings. The zero-order valence-electron chi connectivity index (χ0n) is 16.4. The third-order valence-electron chi connectivity index (χ3n) is 5.38. The van der Waals surface area contributed by atoms with Gasteiger partial charge in [0.05, 0.1) is 5.52 Å². The highest BCUT2D eigenvalue weighted by Crippen LogP contribution is 2.34. The standard InChI is InChI=1S/C23H24FN3O2/c1-14-12-18-21(13-19(14)24)27-20-5-3-2-4-17(20)22(18)25-10-11-26-23(29)15-6-8-16(28)9-7-15/h6-9,12-13,28H,2-5,10-11H2,1H3,(H,25,27)(H,26,29). The van der Waals surface area contributed by atoms with Gasteiger partial charge in [-0.1, -0.05) is 0 Å². The first-order valence-corrected chi connectivity index (χ1v) is 9.95. The maximum Gasteiger partial charge on any atom is 0.251 e. The van der Waals surface area contributed by atoms with Gasteiger partial charge in [-0.2, -0.15) is 0 Å². The van der Waals surface area contributed by atoms with Crippen molar-refractivity contribution in [3.8, 4) is 5.75 Å². The van der Waals surface area contributed by atoms with Gasteiger partial charge in [-0.15, -0.1) is 0 Å². The number of rotatable bonds is 5. The highest BCUT2D eigenvalue weighted by molar-refractivity contribution is 5.95. The summed E-state index contributed by atoms with van der Waals surface area (Å²) in [6.45, 7) is 2.75. The van der Waals surface area contributed by atoms with E-state index in [1.54, 1.807) is 19.1 Å². The first-order valence-electron chi connectivity index (χ1n) is 9.95. The van der Waals surface area contributed by atoms with Crippen molar-refractivity contribution >= 4 is 22.5 Å². The van der Waals surface area contributed by atoms with Crippen molar-refractivity contribution in [2.75, 3.05) is 18.4 Å². The monoisotopic (exact) mass is 393 g/mol. The molecule has 4 rings (SSSR count). The van der Waals surface area contributed by atoms with Crippen LogP contribution in [-0.2, 0) is 12.8 Å². The smallest absolute Gasteiger partial charge is 0.251 e. The van der Waals surface area contributed by atoms with Gasteiger partial charge in [0, 0.05) is 41.5 Å². The number of carbonyl (C=O) groups is 1.